The van der Waals surface area contributed by atoms with E-state index in [1.807, 2.05) is 66.0 Å². The molecule has 6 heteroatoms. The molecule has 1 heterocycles. The highest BCUT2D eigenvalue weighted by atomic mass is 32.1. The van der Waals surface area contributed by atoms with Crippen molar-refractivity contribution in [2.75, 3.05) is 0 Å². The molecule has 0 aliphatic rings. The Bertz CT molecular complexity index is 1250. The summed E-state index contributed by atoms with van der Waals surface area (Å²) >= 11 is 1.56. The highest BCUT2D eigenvalue weighted by Gasteiger charge is 2.26. The van der Waals surface area contributed by atoms with Crippen LogP contribution in [0, 0.1) is 0 Å². The molecule has 178 valence electrons. The van der Waals surface area contributed by atoms with Gasteiger partial charge in [-0.05, 0) is 48.1 Å². The maximum atomic E-state index is 13.7. The van der Waals surface area contributed by atoms with E-state index >= 15 is 0 Å². The minimum Gasteiger partial charge on any atom is -0.366 e. The second-order valence-corrected chi connectivity index (χ2v) is 9.40. The number of aryl methyl sites for hydroxylation is 1. The quantitative estimate of drug-likeness (QED) is 0.324. The summed E-state index contributed by atoms with van der Waals surface area (Å²) in [6, 6.07) is 26.9. The van der Waals surface area contributed by atoms with Gasteiger partial charge in [-0.2, -0.15) is 0 Å². The van der Waals surface area contributed by atoms with E-state index in [1.165, 1.54) is 0 Å². The molecule has 0 radical (unpaired) electrons. The molecular weight excluding hydrogens is 454 g/mol. The van der Waals surface area contributed by atoms with E-state index in [9.17, 15) is 9.59 Å². The van der Waals surface area contributed by atoms with Crippen molar-refractivity contribution in [2.45, 2.75) is 38.1 Å². The van der Waals surface area contributed by atoms with Crippen molar-refractivity contribution in [1.29, 1.82) is 0 Å². The molecular formula is C29H29N3O2S. The third kappa shape index (κ3) is 6.43. The molecule has 0 saturated carbocycles. The van der Waals surface area contributed by atoms with Gasteiger partial charge < -0.3 is 11.1 Å². The van der Waals surface area contributed by atoms with Gasteiger partial charge in [0.1, 0.15) is 5.01 Å². The summed E-state index contributed by atoms with van der Waals surface area (Å²) in [5, 5.41) is 6.21. The molecule has 0 saturated heterocycles. The molecule has 0 bridgehead atoms. The van der Waals surface area contributed by atoms with E-state index in [0.29, 0.717) is 18.4 Å². The first-order valence-corrected chi connectivity index (χ1v) is 12.6. The van der Waals surface area contributed by atoms with Crippen molar-refractivity contribution in [1.82, 2.24) is 10.3 Å². The number of carbonyl (C=O) groups is 2. The zero-order valence-electron chi connectivity index (χ0n) is 19.7. The van der Waals surface area contributed by atoms with Crippen LogP contribution in [0.5, 0.6) is 0 Å². The maximum Gasteiger partial charge on any atom is 0.248 e. The molecule has 5 nitrogen and oxygen atoms in total. The van der Waals surface area contributed by atoms with E-state index < -0.39 is 5.91 Å². The van der Waals surface area contributed by atoms with Crippen LogP contribution in [0.25, 0.3) is 0 Å². The highest BCUT2D eigenvalue weighted by molar-refractivity contribution is 7.09. The number of primary amides is 1. The Morgan fingerprint density at radius 1 is 0.886 bits per heavy atom. The number of benzene rings is 3. The number of hydrogen-bond acceptors (Lipinski definition) is 4. The lowest BCUT2D eigenvalue weighted by Gasteiger charge is -2.22. The summed E-state index contributed by atoms with van der Waals surface area (Å²) in [6.45, 7) is 2.07. The van der Waals surface area contributed by atoms with Gasteiger partial charge in [0.05, 0.1) is 17.7 Å². The molecule has 4 aromatic rings. The Balaban J connectivity index is 1.61. The van der Waals surface area contributed by atoms with Crippen LogP contribution in [-0.2, 0) is 24.1 Å². The largest absolute Gasteiger partial charge is 0.366 e. The van der Waals surface area contributed by atoms with Gasteiger partial charge in [-0.15, -0.1) is 11.3 Å². The minimum atomic E-state index is -0.458. The highest BCUT2D eigenvalue weighted by Crippen LogP contribution is 2.27. The Hall–Kier alpha value is -3.77. The third-order valence-electron chi connectivity index (χ3n) is 6.03. The van der Waals surface area contributed by atoms with Crippen LogP contribution in [0.3, 0.4) is 0 Å². The Kier molecular flexibility index (Phi) is 8.06. The first-order valence-electron chi connectivity index (χ1n) is 11.8. The Morgan fingerprint density at radius 3 is 2.11 bits per heavy atom. The van der Waals surface area contributed by atoms with Gasteiger partial charge in [0.2, 0.25) is 11.8 Å². The molecule has 3 N–H and O–H groups in total. The lowest BCUT2D eigenvalue weighted by Crippen LogP contribution is -2.35. The molecule has 0 aliphatic heterocycles. The number of hydrogen-bond donors (Lipinski definition) is 2. The second kappa shape index (κ2) is 11.6. The molecule has 2 unspecified atom stereocenters. The van der Waals surface area contributed by atoms with Gasteiger partial charge in [-0.25, -0.2) is 4.98 Å². The lowest BCUT2D eigenvalue weighted by molar-refractivity contribution is -0.123. The molecule has 2 amide bonds. The fraction of sp³-hybridized carbons (Fsp3) is 0.207. The van der Waals surface area contributed by atoms with E-state index in [-0.39, 0.29) is 17.9 Å². The average Bonchev–Trinajstić information content (AvgIpc) is 3.38. The van der Waals surface area contributed by atoms with Crippen LogP contribution in [0.4, 0.5) is 0 Å². The summed E-state index contributed by atoms with van der Waals surface area (Å²) in [4.78, 5) is 30.0. The van der Waals surface area contributed by atoms with Crippen molar-refractivity contribution in [3.63, 3.8) is 0 Å². The lowest BCUT2D eigenvalue weighted by atomic mass is 9.90. The smallest absolute Gasteiger partial charge is 0.248 e. The molecule has 3 aromatic carbocycles. The molecule has 2 atom stereocenters. The molecule has 0 spiro atoms. The van der Waals surface area contributed by atoms with E-state index in [1.54, 1.807) is 23.5 Å². The normalized spacial score (nSPS) is 12.6. The second-order valence-electron chi connectivity index (χ2n) is 8.51. The van der Waals surface area contributed by atoms with Gasteiger partial charge in [0.15, 0.2) is 0 Å². The van der Waals surface area contributed by atoms with Gasteiger partial charge in [-0.3, -0.25) is 9.59 Å². The Labute approximate surface area is 210 Å². The number of nitrogens with one attached hydrogen (secondary N) is 1. The zero-order chi connectivity index (χ0) is 24.6. The number of rotatable bonds is 10. The molecule has 1 aromatic heterocycles. The van der Waals surface area contributed by atoms with E-state index in [2.05, 4.69) is 24.4 Å². The van der Waals surface area contributed by atoms with Crippen LogP contribution in [-0.4, -0.2) is 16.8 Å². The fourth-order valence-electron chi connectivity index (χ4n) is 4.06. The first-order chi connectivity index (χ1) is 17.0. The summed E-state index contributed by atoms with van der Waals surface area (Å²) < 4.78 is 0. The fourth-order valence-corrected chi connectivity index (χ4v) is 5.01. The molecule has 0 aliphatic carbocycles. The maximum absolute atomic E-state index is 13.7. The monoisotopic (exact) mass is 483 g/mol. The Morgan fingerprint density at radius 2 is 1.51 bits per heavy atom. The van der Waals surface area contributed by atoms with Crippen LogP contribution in [0.2, 0.25) is 0 Å². The van der Waals surface area contributed by atoms with Gasteiger partial charge in [-0.1, -0.05) is 79.7 Å². The number of nitrogens with two attached hydrogens (primary N) is 1. The number of carbonyl (C=O) groups excluding carboxylic acids is 2. The third-order valence-corrected chi connectivity index (χ3v) is 7.03. The zero-order valence-corrected chi connectivity index (χ0v) is 20.5. The van der Waals surface area contributed by atoms with Gasteiger partial charge in [0, 0.05) is 10.9 Å². The van der Waals surface area contributed by atoms with Crippen molar-refractivity contribution < 1.29 is 9.59 Å². The predicted octanol–water partition coefficient (Wildman–Crippen LogP) is 5.23. The average molecular weight is 484 g/mol. The number of aromatic nitrogens is 1. The van der Waals surface area contributed by atoms with Crippen LogP contribution >= 0.6 is 11.3 Å². The van der Waals surface area contributed by atoms with Crippen molar-refractivity contribution in [3.05, 3.63) is 123 Å². The van der Waals surface area contributed by atoms with E-state index in [4.69, 9.17) is 10.7 Å². The summed E-state index contributed by atoms with van der Waals surface area (Å²) in [7, 11) is 0. The van der Waals surface area contributed by atoms with E-state index in [0.717, 1.165) is 33.8 Å². The van der Waals surface area contributed by atoms with Crippen LogP contribution in [0.15, 0.2) is 90.3 Å². The predicted molar refractivity (Wildman–Crippen MR) is 140 cm³/mol. The summed E-state index contributed by atoms with van der Waals surface area (Å²) in [5.41, 5.74) is 9.94. The van der Waals surface area contributed by atoms with Gasteiger partial charge in [0.25, 0.3) is 0 Å². The number of thiazole rings is 1. The molecule has 0 fully saturated rings. The van der Waals surface area contributed by atoms with Crippen LogP contribution < -0.4 is 11.1 Å². The summed E-state index contributed by atoms with van der Waals surface area (Å²) in [5.74, 6) is -0.823. The SMILES string of the molecule is CCc1csc(C(Cc2ccc(C(N)=O)cc2)NC(=O)C(Cc2ccccc2)c2ccccc2)n1. The van der Waals surface area contributed by atoms with Crippen molar-refractivity contribution >= 4 is 23.2 Å². The first kappa shape index (κ1) is 24.4. The van der Waals surface area contributed by atoms with Gasteiger partial charge >= 0.3 is 0 Å². The molecule has 4 rings (SSSR count). The minimum absolute atomic E-state index is 0.0351. The number of amides is 2. The molecule has 35 heavy (non-hydrogen) atoms. The standard InChI is InChI=1S/C29H29N3O2S/c1-2-24-19-35-29(31-24)26(18-21-13-15-23(16-14-21)27(30)33)32-28(34)25(22-11-7-4-8-12-22)17-20-9-5-3-6-10-20/h3-16,19,25-26H,2,17-18H2,1H3,(H2,30,33)(H,32,34). The van der Waals surface area contributed by atoms with Crippen molar-refractivity contribution in [3.8, 4) is 0 Å². The van der Waals surface area contributed by atoms with Crippen LogP contribution in [0.1, 0.15) is 56.6 Å². The van der Waals surface area contributed by atoms with Crippen molar-refractivity contribution in [2.24, 2.45) is 5.73 Å². The number of nitrogens with zero attached hydrogens (tertiary/aromatic N) is 1. The summed E-state index contributed by atoms with van der Waals surface area (Å²) in [6.07, 6.45) is 2.01. The topological polar surface area (TPSA) is 85.1 Å².